The summed E-state index contributed by atoms with van der Waals surface area (Å²) in [7, 11) is 0. The lowest BCUT2D eigenvalue weighted by molar-refractivity contribution is 0.000274. The van der Waals surface area contributed by atoms with Gasteiger partial charge in [0.25, 0.3) is 0 Å². The summed E-state index contributed by atoms with van der Waals surface area (Å²) in [5.74, 6) is 0.837. The fraction of sp³-hybridized carbons (Fsp3) is 0.611. The van der Waals surface area contributed by atoms with E-state index in [0.717, 1.165) is 37.0 Å². The van der Waals surface area contributed by atoms with Crippen LogP contribution >= 0.6 is 0 Å². The van der Waals surface area contributed by atoms with Crippen LogP contribution in [0.25, 0.3) is 0 Å². The molecule has 120 valence electrons. The van der Waals surface area contributed by atoms with Gasteiger partial charge in [-0.1, -0.05) is 18.2 Å². The Bertz CT molecular complexity index is 535. The first-order chi connectivity index (χ1) is 10.6. The number of aliphatic imine (C=N–C) groups is 1. The van der Waals surface area contributed by atoms with E-state index in [0.29, 0.717) is 24.7 Å². The van der Waals surface area contributed by atoms with Crippen LogP contribution in [0.5, 0.6) is 5.75 Å². The van der Waals surface area contributed by atoms with Crippen LogP contribution in [0.3, 0.4) is 0 Å². The van der Waals surface area contributed by atoms with E-state index in [2.05, 4.69) is 4.99 Å². The predicted molar refractivity (Wildman–Crippen MR) is 86.6 cm³/mol. The Labute approximate surface area is 131 Å². The highest BCUT2D eigenvalue weighted by Gasteiger charge is 2.28. The Balaban J connectivity index is 1.47. The Morgan fingerprint density at radius 2 is 1.91 bits per heavy atom. The van der Waals surface area contributed by atoms with Crippen LogP contribution in [0, 0.1) is 0 Å². The zero-order chi connectivity index (χ0) is 15.5. The summed E-state index contributed by atoms with van der Waals surface area (Å²) >= 11 is 0. The number of aromatic hydroxyl groups is 1. The molecular formula is C18H25NO3. The maximum absolute atomic E-state index is 9.96. The van der Waals surface area contributed by atoms with Gasteiger partial charge in [0.2, 0.25) is 0 Å². The maximum atomic E-state index is 9.96. The van der Waals surface area contributed by atoms with Crippen molar-refractivity contribution in [1.29, 1.82) is 0 Å². The molecule has 3 rings (SSSR count). The summed E-state index contributed by atoms with van der Waals surface area (Å²) in [5.41, 5.74) is 2.08. The first kappa shape index (κ1) is 15.5. The Morgan fingerprint density at radius 3 is 2.55 bits per heavy atom. The van der Waals surface area contributed by atoms with Crippen molar-refractivity contribution in [1.82, 2.24) is 0 Å². The first-order valence-corrected chi connectivity index (χ1v) is 8.24. The van der Waals surface area contributed by atoms with Crippen LogP contribution in [-0.4, -0.2) is 40.8 Å². The monoisotopic (exact) mass is 303 g/mol. The maximum Gasteiger partial charge on any atom is 0.119 e. The largest absolute Gasteiger partial charge is 0.508 e. The van der Waals surface area contributed by atoms with Crippen molar-refractivity contribution in [3.05, 3.63) is 29.8 Å². The molecule has 0 unspecified atom stereocenters. The van der Waals surface area contributed by atoms with Crippen molar-refractivity contribution in [2.24, 2.45) is 4.99 Å². The van der Waals surface area contributed by atoms with Gasteiger partial charge in [-0.25, -0.2) is 0 Å². The molecule has 4 nitrogen and oxygen atoms in total. The molecule has 22 heavy (non-hydrogen) atoms. The normalized spacial score (nSPS) is 32.0. The zero-order valence-corrected chi connectivity index (χ0v) is 13.1. The first-order valence-electron chi connectivity index (χ1n) is 8.24. The van der Waals surface area contributed by atoms with E-state index in [4.69, 9.17) is 4.74 Å². The highest BCUT2D eigenvalue weighted by molar-refractivity contribution is 5.84. The zero-order valence-electron chi connectivity index (χ0n) is 13.1. The van der Waals surface area contributed by atoms with Gasteiger partial charge in [-0.3, -0.25) is 4.99 Å². The second-order valence-corrected chi connectivity index (χ2v) is 6.57. The summed E-state index contributed by atoms with van der Waals surface area (Å²) < 4.78 is 5.97. The van der Waals surface area contributed by atoms with E-state index in [1.54, 1.807) is 6.07 Å². The molecule has 1 heterocycles. The van der Waals surface area contributed by atoms with E-state index >= 15 is 0 Å². The third-order valence-corrected chi connectivity index (χ3v) is 4.89. The lowest BCUT2D eigenvalue weighted by Gasteiger charge is -2.30. The van der Waals surface area contributed by atoms with Crippen LogP contribution < -0.4 is 0 Å². The lowest BCUT2D eigenvalue weighted by atomic mass is 9.82. The quantitative estimate of drug-likeness (QED) is 0.898. The molecule has 2 aliphatic rings. The summed E-state index contributed by atoms with van der Waals surface area (Å²) in [6, 6.07) is 7.55. The average Bonchev–Trinajstić information content (AvgIpc) is 2.84. The van der Waals surface area contributed by atoms with Crippen molar-refractivity contribution in [2.45, 2.75) is 63.2 Å². The molecule has 1 aromatic carbocycles. The van der Waals surface area contributed by atoms with E-state index in [1.807, 2.05) is 25.1 Å². The molecule has 0 amide bonds. The molecule has 1 fully saturated rings. The smallest absolute Gasteiger partial charge is 0.119 e. The Hall–Kier alpha value is -1.39. The van der Waals surface area contributed by atoms with Crippen molar-refractivity contribution in [3.8, 4) is 5.75 Å². The molecule has 1 aliphatic heterocycles. The van der Waals surface area contributed by atoms with E-state index in [-0.39, 0.29) is 18.2 Å². The summed E-state index contributed by atoms with van der Waals surface area (Å²) in [5, 5.41) is 19.8. The number of hydrogen-bond donors (Lipinski definition) is 2. The number of para-hydroxylation sites is 1. The summed E-state index contributed by atoms with van der Waals surface area (Å²) in [6.07, 6.45) is 4.64. The fourth-order valence-corrected chi connectivity index (χ4v) is 3.62. The van der Waals surface area contributed by atoms with Gasteiger partial charge in [-0.15, -0.1) is 0 Å². The molecule has 4 heteroatoms. The highest BCUT2D eigenvalue weighted by atomic mass is 16.5. The molecule has 0 aromatic heterocycles. The number of nitrogens with zero attached hydrogens (tertiary/aromatic N) is 1. The van der Waals surface area contributed by atoms with Crippen molar-refractivity contribution >= 4 is 5.71 Å². The van der Waals surface area contributed by atoms with Gasteiger partial charge in [0.15, 0.2) is 0 Å². The van der Waals surface area contributed by atoms with Gasteiger partial charge >= 0.3 is 0 Å². The molecule has 0 spiro atoms. The third kappa shape index (κ3) is 3.50. The van der Waals surface area contributed by atoms with Crippen LogP contribution in [0.1, 0.15) is 50.5 Å². The molecule has 1 aromatic rings. The second kappa shape index (κ2) is 6.80. The van der Waals surface area contributed by atoms with Crippen molar-refractivity contribution < 1.29 is 14.9 Å². The summed E-state index contributed by atoms with van der Waals surface area (Å²) in [6.45, 7) is 2.48. The lowest BCUT2D eigenvalue weighted by Crippen LogP contribution is -2.29. The number of rotatable bonds is 4. The number of ether oxygens (including phenoxy) is 1. The molecule has 0 radical (unpaired) electrons. The molecule has 1 saturated carbocycles. The average molecular weight is 303 g/mol. The van der Waals surface area contributed by atoms with Crippen LogP contribution in [-0.2, 0) is 4.74 Å². The van der Waals surface area contributed by atoms with Crippen LogP contribution in [0.2, 0.25) is 0 Å². The SMILES string of the molecule is CC1=N[C@@H](CO[C@H]2CC[C@@H](c3ccccc3O)CC2)[C@H](O)C1. The number of phenols is 1. The predicted octanol–water partition coefficient (Wildman–Crippen LogP) is 3.03. The molecular weight excluding hydrogens is 278 g/mol. The topological polar surface area (TPSA) is 62.0 Å². The van der Waals surface area contributed by atoms with Crippen LogP contribution in [0.4, 0.5) is 0 Å². The second-order valence-electron chi connectivity index (χ2n) is 6.57. The minimum Gasteiger partial charge on any atom is -0.508 e. The highest BCUT2D eigenvalue weighted by Crippen LogP contribution is 2.37. The van der Waals surface area contributed by atoms with Gasteiger partial charge < -0.3 is 14.9 Å². The molecule has 2 atom stereocenters. The van der Waals surface area contributed by atoms with Gasteiger partial charge in [0.05, 0.1) is 24.9 Å². The molecule has 0 bridgehead atoms. The summed E-state index contributed by atoms with van der Waals surface area (Å²) in [4.78, 5) is 4.44. The standard InChI is InChI=1S/C18H25NO3/c1-12-10-18(21)16(19-12)11-22-14-8-6-13(7-9-14)15-4-2-3-5-17(15)20/h2-5,13-14,16,18,20-21H,6-11H2,1H3/t13-,14+,16-,18+/m0/s1. The number of aliphatic hydroxyl groups is 1. The van der Waals surface area contributed by atoms with E-state index in [1.165, 1.54) is 0 Å². The number of hydrogen-bond acceptors (Lipinski definition) is 4. The Morgan fingerprint density at radius 1 is 1.18 bits per heavy atom. The Kier molecular flexibility index (Phi) is 4.79. The number of phenolic OH excluding ortho intramolecular Hbond substituents is 1. The van der Waals surface area contributed by atoms with Gasteiger partial charge in [0.1, 0.15) is 5.75 Å². The molecule has 1 aliphatic carbocycles. The van der Waals surface area contributed by atoms with Crippen molar-refractivity contribution in [2.75, 3.05) is 6.61 Å². The van der Waals surface area contributed by atoms with Gasteiger partial charge in [-0.2, -0.15) is 0 Å². The van der Waals surface area contributed by atoms with E-state index < -0.39 is 0 Å². The van der Waals surface area contributed by atoms with Crippen LogP contribution in [0.15, 0.2) is 29.3 Å². The number of benzene rings is 1. The molecule has 2 N–H and O–H groups in total. The minimum atomic E-state index is -0.377. The van der Waals surface area contributed by atoms with Gasteiger partial charge in [-0.05, 0) is 50.2 Å². The molecule has 0 saturated heterocycles. The minimum absolute atomic E-state index is 0.0871. The van der Waals surface area contributed by atoms with Crippen molar-refractivity contribution in [3.63, 3.8) is 0 Å². The van der Waals surface area contributed by atoms with E-state index in [9.17, 15) is 10.2 Å². The number of aliphatic hydroxyl groups excluding tert-OH is 1. The fourth-order valence-electron chi connectivity index (χ4n) is 3.62. The third-order valence-electron chi connectivity index (χ3n) is 4.89. The van der Waals surface area contributed by atoms with Gasteiger partial charge in [0, 0.05) is 12.1 Å².